The molecule has 2 aromatic rings. The van der Waals surface area contributed by atoms with Crippen molar-refractivity contribution >= 4 is 17.5 Å². The topological polar surface area (TPSA) is 121 Å². The fourth-order valence-corrected chi connectivity index (χ4v) is 3.46. The van der Waals surface area contributed by atoms with E-state index in [1.165, 1.54) is 17.2 Å². The van der Waals surface area contributed by atoms with Gasteiger partial charge in [0.15, 0.2) is 5.82 Å². The van der Waals surface area contributed by atoms with Crippen molar-refractivity contribution in [1.29, 1.82) is 0 Å². The SMILES string of the molecule is CN1CC[C@@](O)(C#Cc2cc3c(c(-c4nccc(C(N)=O)n4)c2)CCN3)C1=O. The number of fused-ring (bicyclic) bond motifs is 1. The summed E-state index contributed by atoms with van der Waals surface area (Å²) in [4.78, 5) is 33.6. The van der Waals surface area contributed by atoms with Crippen LogP contribution in [0, 0.1) is 11.8 Å². The standard InChI is InChI=1S/C20H19N5O3/c1-25-9-6-20(28,19(25)27)5-2-12-10-14(13-3-7-22-16(13)11-12)18-23-8-4-15(24-18)17(21)26/h4,8,10-11,22,28H,3,6-7,9H2,1H3,(H2,21,26)/t20-/m0/s1. The molecule has 1 aromatic carbocycles. The van der Waals surface area contributed by atoms with E-state index in [0.29, 0.717) is 17.9 Å². The van der Waals surface area contributed by atoms with Crippen molar-refractivity contribution in [3.8, 4) is 23.2 Å². The molecule has 0 bridgehead atoms. The van der Waals surface area contributed by atoms with Gasteiger partial charge in [-0.15, -0.1) is 0 Å². The van der Waals surface area contributed by atoms with E-state index < -0.39 is 17.4 Å². The van der Waals surface area contributed by atoms with Crippen LogP contribution in [0.25, 0.3) is 11.4 Å². The van der Waals surface area contributed by atoms with Gasteiger partial charge in [0.05, 0.1) is 0 Å². The lowest BCUT2D eigenvalue weighted by molar-refractivity contribution is -0.137. The number of anilines is 1. The number of carbonyl (C=O) groups excluding carboxylic acids is 2. The fourth-order valence-electron chi connectivity index (χ4n) is 3.46. The van der Waals surface area contributed by atoms with Crippen LogP contribution in [0.15, 0.2) is 24.4 Å². The van der Waals surface area contributed by atoms with E-state index in [2.05, 4.69) is 27.1 Å². The predicted octanol–water partition coefficient (Wildman–Crippen LogP) is 0.155. The quantitative estimate of drug-likeness (QED) is 0.641. The summed E-state index contributed by atoms with van der Waals surface area (Å²) in [6.45, 7) is 1.23. The molecule has 1 saturated heterocycles. The van der Waals surface area contributed by atoms with Gasteiger partial charge in [-0.05, 0) is 30.2 Å². The average Bonchev–Trinajstić information content (AvgIpc) is 3.26. The van der Waals surface area contributed by atoms with Gasteiger partial charge in [0.25, 0.3) is 11.8 Å². The first-order valence-corrected chi connectivity index (χ1v) is 8.92. The van der Waals surface area contributed by atoms with E-state index >= 15 is 0 Å². The maximum Gasteiger partial charge on any atom is 0.267 e. The molecule has 4 N–H and O–H groups in total. The van der Waals surface area contributed by atoms with Gasteiger partial charge >= 0.3 is 0 Å². The summed E-state index contributed by atoms with van der Waals surface area (Å²) in [6, 6.07) is 5.15. The van der Waals surface area contributed by atoms with Gasteiger partial charge in [0.1, 0.15) is 5.69 Å². The van der Waals surface area contributed by atoms with Crippen LogP contribution in [0.4, 0.5) is 5.69 Å². The summed E-state index contributed by atoms with van der Waals surface area (Å²) in [5.41, 5.74) is 7.10. The number of rotatable bonds is 2. The third kappa shape index (κ3) is 3.06. The number of primary amides is 1. The predicted molar refractivity (Wildman–Crippen MR) is 102 cm³/mol. The number of aromatic nitrogens is 2. The van der Waals surface area contributed by atoms with E-state index in [-0.39, 0.29) is 12.1 Å². The molecule has 2 aliphatic rings. The van der Waals surface area contributed by atoms with Crippen molar-refractivity contribution in [2.75, 3.05) is 25.5 Å². The van der Waals surface area contributed by atoms with Crippen LogP contribution in [-0.4, -0.2) is 57.5 Å². The van der Waals surface area contributed by atoms with Crippen molar-refractivity contribution in [3.05, 3.63) is 41.2 Å². The summed E-state index contributed by atoms with van der Waals surface area (Å²) in [5, 5.41) is 13.8. The fraction of sp³-hybridized carbons (Fsp3) is 0.300. The third-order valence-electron chi connectivity index (χ3n) is 5.01. The maximum atomic E-state index is 12.1. The molecule has 0 spiro atoms. The van der Waals surface area contributed by atoms with Gasteiger partial charge in [-0.2, -0.15) is 0 Å². The lowest BCUT2D eigenvalue weighted by Gasteiger charge is -2.13. The second-order valence-electron chi connectivity index (χ2n) is 6.94. The summed E-state index contributed by atoms with van der Waals surface area (Å²) in [7, 11) is 1.64. The lowest BCUT2D eigenvalue weighted by atomic mass is 9.99. The average molecular weight is 377 g/mol. The van der Waals surface area contributed by atoms with Crippen molar-refractivity contribution in [1.82, 2.24) is 14.9 Å². The van der Waals surface area contributed by atoms with Gasteiger partial charge in [0.2, 0.25) is 5.60 Å². The Balaban J connectivity index is 1.77. The highest BCUT2D eigenvalue weighted by Gasteiger charge is 2.42. The number of benzene rings is 1. The number of aliphatic hydroxyl groups is 1. The molecule has 0 unspecified atom stereocenters. The van der Waals surface area contributed by atoms with E-state index in [9.17, 15) is 14.7 Å². The van der Waals surface area contributed by atoms with Crippen LogP contribution in [0.2, 0.25) is 0 Å². The van der Waals surface area contributed by atoms with Crippen molar-refractivity contribution in [2.24, 2.45) is 5.73 Å². The Morgan fingerprint density at radius 2 is 2.25 bits per heavy atom. The molecule has 8 heteroatoms. The van der Waals surface area contributed by atoms with Crippen molar-refractivity contribution in [3.63, 3.8) is 0 Å². The minimum Gasteiger partial charge on any atom is -0.384 e. The molecule has 8 nitrogen and oxygen atoms in total. The Bertz CT molecular complexity index is 1060. The van der Waals surface area contributed by atoms with Gasteiger partial charge in [-0.25, -0.2) is 9.97 Å². The highest BCUT2D eigenvalue weighted by molar-refractivity contribution is 5.91. The Morgan fingerprint density at radius 1 is 1.43 bits per heavy atom. The molecule has 2 amide bonds. The molecular weight excluding hydrogens is 358 g/mol. The molecule has 0 aliphatic carbocycles. The van der Waals surface area contributed by atoms with Crippen LogP contribution < -0.4 is 11.1 Å². The van der Waals surface area contributed by atoms with Crippen LogP contribution >= 0.6 is 0 Å². The largest absolute Gasteiger partial charge is 0.384 e. The highest BCUT2D eigenvalue weighted by atomic mass is 16.3. The van der Waals surface area contributed by atoms with Crippen LogP contribution in [0.1, 0.15) is 28.0 Å². The highest BCUT2D eigenvalue weighted by Crippen LogP contribution is 2.33. The van der Waals surface area contributed by atoms with E-state index in [4.69, 9.17) is 5.73 Å². The summed E-state index contributed by atoms with van der Waals surface area (Å²) in [6.07, 6.45) is 2.55. The second kappa shape index (κ2) is 6.62. The van der Waals surface area contributed by atoms with Crippen LogP contribution in [-0.2, 0) is 11.2 Å². The molecule has 1 atom stereocenters. The first-order valence-electron chi connectivity index (χ1n) is 8.92. The minimum absolute atomic E-state index is 0.134. The Hall–Kier alpha value is -3.44. The van der Waals surface area contributed by atoms with E-state index in [1.54, 1.807) is 7.05 Å². The zero-order chi connectivity index (χ0) is 19.9. The van der Waals surface area contributed by atoms with Gasteiger partial charge in [-0.1, -0.05) is 11.8 Å². The molecule has 3 heterocycles. The first-order chi connectivity index (χ1) is 13.4. The third-order valence-corrected chi connectivity index (χ3v) is 5.01. The number of nitrogens with one attached hydrogen (secondary N) is 1. The van der Waals surface area contributed by atoms with Crippen LogP contribution in [0.5, 0.6) is 0 Å². The molecule has 1 fully saturated rings. The number of carbonyl (C=O) groups is 2. The number of amides is 2. The zero-order valence-electron chi connectivity index (χ0n) is 15.3. The maximum absolute atomic E-state index is 12.1. The number of nitrogens with zero attached hydrogens (tertiary/aromatic N) is 3. The number of hydrogen-bond donors (Lipinski definition) is 3. The van der Waals surface area contributed by atoms with Crippen LogP contribution in [0.3, 0.4) is 0 Å². The Labute approximate surface area is 161 Å². The number of likely N-dealkylation sites (N-methyl/N-ethyl adjacent to an activating group) is 1. The summed E-state index contributed by atoms with van der Waals surface area (Å²) >= 11 is 0. The molecule has 28 heavy (non-hydrogen) atoms. The summed E-state index contributed by atoms with van der Waals surface area (Å²) in [5.74, 6) is 5.01. The first kappa shape index (κ1) is 17.9. The minimum atomic E-state index is -1.66. The number of nitrogens with two attached hydrogens (primary N) is 1. The van der Waals surface area contributed by atoms with Gasteiger partial charge in [-0.3, -0.25) is 9.59 Å². The number of hydrogen-bond acceptors (Lipinski definition) is 6. The normalized spacial score (nSPS) is 20.4. The van der Waals surface area contributed by atoms with Gasteiger partial charge < -0.3 is 21.1 Å². The van der Waals surface area contributed by atoms with Crippen molar-refractivity contribution in [2.45, 2.75) is 18.4 Å². The van der Waals surface area contributed by atoms with E-state index in [0.717, 1.165) is 29.8 Å². The monoisotopic (exact) mass is 377 g/mol. The molecule has 0 saturated carbocycles. The molecular formula is C20H19N5O3. The van der Waals surface area contributed by atoms with E-state index in [1.807, 2.05) is 12.1 Å². The van der Waals surface area contributed by atoms with Gasteiger partial charge in [0, 0.05) is 49.6 Å². The molecule has 0 radical (unpaired) electrons. The smallest absolute Gasteiger partial charge is 0.267 e. The molecule has 4 rings (SSSR count). The van der Waals surface area contributed by atoms with Crippen molar-refractivity contribution < 1.29 is 14.7 Å². The second-order valence-corrected chi connectivity index (χ2v) is 6.94. The lowest BCUT2D eigenvalue weighted by Crippen LogP contribution is -2.37. The Kier molecular flexibility index (Phi) is 4.24. The molecule has 1 aromatic heterocycles. The Morgan fingerprint density at radius 3 is 2.96 bits per heavy atom. The zero-order valence-corrected chi connectivity index (χ0v) is 15.3. The summed E-state index contributed by atoms with van der Waals surface area (Å²) < 4.78 is 0. The molecule has 142 valence electrons. The molecule has 2 aliphatic heterocycles. The number of likely N-dealkylation sites (tertiary alicyclic amines) is 1.